The molecule has 0 aliphatic rings. The van der Waals surface area contributed by atoms with E-state index in [1.165, 1.54) is 0 Å². The molecule has 20 heavy (non-hydrogen) atoms. The van der Waals surface area contributed by atoms with Gasteiger partial charge in [-0.1, -0.05) is 12.1 Å². The number of para-hydroxylation sites is 2. The van der Waals surface area contributed by atoms with Gasteiger partial charge in [-0.15, -0.1) is 0 Å². The molecule has 0 aliphatic carbocycles. The lowest BCUT2D eigenvalue weighted by Gasteiger charge is -2.11. The van der Waals surface area contributed by atoms with Crippen LogP contribution in [0.25, 0.3) is 0 Å². The van der Waals surface area contributed by atoms with Crippen molar-refractivity contribution in [2.75, 3.05) is 24.3 Å². The summed E-state index contributed by atoms with van der Waals surface area (Å²) in [6, 6.07) is 10.7. The van der Waals surface area contributed by atoms with Crippen molar-refractivity contribution >= 4 is 17.4 Å². The highest BCUT2D eigenvalue weighted by atomic mass is 16.5. The molecule has 0 spiro atoms. The second-order valence-electron chi connectivity index (χ2n) is 4.06. The molecule has 0 saturated heterocycles. The Bertz CT molecular complexity index is 599. The van der Waals surface area contributed by atoms with Crippen LogP contribution in [0.2, 0.25) is 0 Å². The summed E-state index contributed by atoms with van der Waals surface area (Å²) in [7, 11) is 1.76. The Hall–Kier alpha value is -2.56. The Morgan fingerprint density at radius 2 is 2.10 bits per heavy atom. The zero-order valence-electron chi connectivity index (χ0n) is 11.5. The van der Waals surface area contributed by atoms with Gasteiger partial charge in [-0.3, -0.25) is 4.79 Å². The van der Waals surface area contributed by atoms with E-state index in [1.807, 2.05) is 31.2 Å². The summed E-state index contributed by atoms with van der Waals surface area (Å²) in [6.45, 7) is 2.45. The summed E-state index contributed by atoms with van der Waals surface area (Å²) in [5.74, 6) is 1.11. The van der Waals surface area contributed by atoms with Gasteiger partial charge in [0.25, 0.3) is 5.91 Å². The Balaban J connectivity index is 2.19. The summed E-state index contributed by atoms with van der Waals surface area (Å²) < 4.78 is 5.48. The molecule has 0 aliphatic heterocycles. The predicted molar refractivity (Wildman–Crippen MR) is 79.3 cm³/mol. The first-order chi connectivity index (χ1) is 9.74. The van der Waals surface area contributed by atoms with Crippen LogP contribution in [0, 0.1) is 0 Å². The number of amides is 1. The molecule has 1 aromatic carbocycles. The zero-order chi connectivity index (χ0) is 14.4. The lowest BCUT2D eigenvalue weighted by molar-refractivity contribution is 0.102. The number of hydrogen-bond donors (Lipinski definition) is 2. The molecule has 0 atom stereocenters. The number of carbonyl (C=O) groups is 1. The molecule has 104 valence electrons. The summed E-state index contributed by atoms with van der Waals surface area (Å²) in [5, 5.41) is 5.75. The third kappa shape index (κ3) is 3.26. The van der Waals surface area contributed by atoms with Crippen molar-refractivity contribution in [3.8, 4) is 5.75 Å². The fraction of sp³-hybridized carbons (Fsp3) is 0.200. The van der Waals surface area contributed by atoms with Crippen molar-refractivity contribution in [1.82, 2.24) is 4.98 Å². The minimum Gasteiger partial charge on any atom is -0.492 e. The summed E-state index contributed by atoms with van der Waals surface area (Å²) in [4.78, 5) is 16.3. The van der Waals surface area contributed by atoms with Crippen LogP contribution >= 0.6 is 0 Å². The number of nitrogens with one attached hydrogen (secondary N) is 2. The highest BCUT2D eigenvalue weighted by Crippen LogP contribution is 2.24. The van der Waals surface area contributed by atoms with E-state index >= 15 is 0 Å². The van der Waals surface area contributed by atoms with Crippen molar-refractivity contribution in [2.45, 2.75) is 6.92 Å². The largest absolute Gasteiger partial charge is 0.492 e. The lowest BCUT2D eigenvalue weighted by atomic mass is 10.2. The van der Waals surface area contributed by atoms with Crippen LogP contribution in [-0.4, -0.2) is 24.5 Å². The number of anilines is 2. The molecule has 5 nitrogen and oxygen atoms in total. The highest BCUT2D eigenvalue weighted by Gasteiger charge is 2.10. The molecule has 0 unspecified atom stereocenters. The maximum atomic E-state index is 12.2. The van der Waals surface area contributed by atoms with Crippen LogP contribution in [0.15, 0.2) is 42.6 Å². The number of pyridine rings is 1. The molecule has 5 heteroatoms. The zero-order valence-corrected chi connectivity index (χ0v) is 11.5. The van der Waals surface area contributed by atoms with E-state index in [0.717, 1.165) is 0 Å². The van der Waals surface area contributed by atoms with Crippen molar-refractivity contribution < 1.29 is 9.53 Å². The van der Waals surface area contributed by atoms with Crippen molar-refractivity contribution in [1.29, 1.82) is 0 Å². The minimum absolute atomic E-state index is 0.198. The van der Waals surface area contributed by atoms with Crippen LogP contribution < -0.4 is 15.4 Å². The van der Waals surface area contributed by atoms with Gasteiger partial charge in [0, 0.05) is 18.8 Å². The summed E-state index contributed by atoms with van der Waals surface area (Å²) in [5.41, 5.74) is 1.19. The Morgan fingerprint density at radius 3 is 2.85 bits per heavy atom. The number of carbonyl (C=O) groups excluding carboxylic acids is 1. The number of aromatic nitrogens is 1. The fourth-order valence-corrected chi connectivity index (χ4v) is 1.75. The van der Waals surface area contributed by atoms with E-state index in [1.54, 1.807) is 25.4 Å². The Morgan fingerprint density at radius 1 is 1.30 bits per heavy atom. The van der Waals surface area contributed by atoms with Gasteiger partial charge in [0.05, 0.1) is 12.3 Å². The van der Waals surface area contributed by atoms with Crippen molar-refractivity contribution in [2.24, 2.45) is 0 Å². The first kappa shape index (κ1) is 13.9. The monoisotopic (exact) mass is 271 g/mol. The molecule has 0 radical (unpaired) electrons. The van der Waals surface area contributed by atoms with Crippen LogP contribution in [0.1, 0.15) is 17.3 Å². The van der Waals surface area contributed by atoms with Crippen LogP contribution in [0.5, 0.6) is 5.75 Å². The minimum atomic E-state index is -0.198. The molecule has 1 heterocycles. The van der Waals surface area contributed by atoms with Crippen molar-refractivity contribution in [3.05, 3.63) is 48.2 Å². The SMILES string of the molecule is CCOc1ccccc1NC(=O)c1ccnc(NC)c1. The van der Waals surface area contributed by atoms with Gasteiger partial charge in [-0.2, -0.15) is 0 Å². The standard InChI is InChI=1S/C15H17N3O2/c1-3-20-13-7-5-4-6-12(13)18-15(19)11-8-9-17-14(10-11)16-2/h4-10H,3H2,1-2H3,(H,16,17)(H,18,19). The van der Waals surface area contributed by atoms with Gasteiger partial charge < -0.3 is 15.4 Å². The van der Waals surface area contributed by atoms with E-state index in [0.29, 0.717) is 29.4 Å². The van der Waals surface area contributed by atoms with Crippen molar-refractivity contribution in [3.63, 3.8) is 0 Å². The number of rotatable bonds is 5. The van der Waals surface area contributed by atoms with Gasteiger partial charge in [0.15, 0.2) is 0 Å². The molecule has 0 saturated carbocycles. The normalized spacial score (nSPS) is 9.90. The second kappa shape index (κ2) is 6.56. The molecular weight excluding hydrogens is 254 g/mol. The Kier molecular flexibility index (Phi) is 4.55. The third-order valence-electron chi connectivity index (χ3n) is 2.71. The number of benzene rings is 1. The average molecular weight is 271 g/mol. The van der Waals surface area contributed by atoms with Crippen LogP contribution in [-0.2, 0) is 0 Å². The first-order valence-corrected chi connectivity index (χ1v) is 6.41. The Labute approximate surface area is 118 Å². The molecule has 0 fully saturated rings. The van der Waals surface area contributed by atoms with Gasteiger partial charge in [0.1, 0.15) is 11.6 Å². The molecule has 2 rings (SSSR count). The maximum absolute atomic E-state index is 12.2. The number of ether oxygens (including phenoxy) is 1. The maximum Gasteiger partial charge on any atom is 0.255 e. The summed E-state index contributed by atoms with van der Waals surface area (Å²) in [6.07, 6.45) is 1.59. The van der Waals surface area contributed by atoms with Gasteiger partial charge in [0.2, 0.25) is 0 Å². The smallest absolute Gasteiger partial charge is 0.255 e. The topological polar surface area (TPSA) is 63.2 Å². The van der Waals surface area contributed by atoms with Crippen LogP contribution in [0.4, 0.5) is 11.5 Å². The van der Waals surface area contributed by atoms with E-state index < -0.39 is 0 Å². The molecule has 0 bridgehead atoms. The van der Waals surface area contributed by atoms with Gasteiger partial charge in [-0.05, 0) is 31.2 Å². The number of hydrogen-bond acceptors (Lipinski definition) is 4. The van der Waals surface area contributed by atoms with E-state index in [4.69, 9.17) is 4.74 Å². The van der Waals surface area contributed by atoms with Crippen LogP contribution in [0.3, 0.4) is 0 Å². The van der Waals surface area contributed by atoms with E-state index in [9.17, 15) is 4.79 Å². The summed E-state index contributed by atoms with van der Waals surface area (Å²) >= 11 is 0. The molecule has 2 N–H and O–H groups in total. The average Bonchev–Trinajstić information content (AvgIpc) is 2.49. The predicted octanol–water partition coefficient (Wildman–Crippen LogP) is 2.77. The lowest BCUT2D eigenvalue weighted by Crippen LogP contribution is -2.13. The first-order valence-electron chi connectivity index (χ1n) is 6.41. The molecule has 2 aromatic rings. The van der Waals surface area contributed by atoms with E-state index in [-0.39, 0.29) is 5.91 Å². The second-order valence-corrected chi connectivity index (χ2v) is 4.06. The van der Waals surface area contributed by atoms with Gasteiger partial charge in [-0.25, -0.2) is 4.98 Å². The third-order valence-corrected chi connectivity index (χ3v) is 2.71. The molecular formula is C15H17N3O2. The quantitative estimate of drug-likeness (QED) is 0.877. The highest BCUT2D eigenvalue weighted by molar-refractivity contribution is 6.05. The fourth-order valence-electron chi connectivity index (χ4n) is 1.75. The van der Waals surface area contributed by atoms with E-state index in [2.05, 4.69) is 15.6 Å². The van der Waals surface area contributed by atoms with Gasteiger partial charge >= 0.3 is 0 Å². The molecule has 1 aromatic heterocycles. The number of nitrogens with zero attached hydrogens (tertiary/aromatic N) is 1. The molecule has 1 amide bonds.